The number of likely N-dealkylation sites (tertiary alicyclic amines) is 1. The second kappa shape index (κ2) is 6.53. The second-order valence-electron chi connectivity index (χ2n) is 6.16. The SMILES string of the molecule is CNCC(c1ccc(C)cc1C)C1CCN(C)CC1. The van der Waals surface area contributed by atoms with E-state index in [9.17, 15) is 0 Å². The van der Waals surface area contributed by atoms with Crippen LogP contribution in [-0.2, 0) is 0 Å². The summed E-state index contributed by atoms with van der Waals surface area (Å²) in [6, 6.07) is 6.94. The molecule has 0 aliphatic carbocycles. The molecular formula is C17H28N2. The Kier molecular flexibility index (Phi) is 5.00. The molecule has 0 amide bonds. The molecule has 1 aromatic carbocycles. The average molecular weight is 260 g/mol. The Morgan fingerprint density at radius 1 is 1.26 bits per heavy atom. The third-order valence-electron chi connectivity index (χ3n) is 4.58. The number of hydrogen-bond acceptors (Lipinski definition) is 2. The smallest absolute Gasteiger partial charge is 0.00199 e. The van der Waals surface area contributed by atoms with Crippen LogP contribution in [0.3, 0.4) is 0 Å². The minimum atomic E-state index is 0.666. The number of nitrogens with one attached hydrogen (secondary N) is 1. The van der Waals surface area contributed by atoms with Crippen LogP contribution in [0.4, 0.5) is 0 Å². The van der Waals surface area contributed by atoms with Crippen molar-refractivity contribution in [3.8, 4) is 0 Å². The van der Waals surface area contributed by atoms with Gasteiger partial charge in [0.05, 0.1) is 0 Å². The molecule has 0 aromatic heterocycles. The molecule has 2 heteroatoms. The fraction of sp³-hybridized carbons (Fsp3) is 0.647. The Morgan fingerprint density at radius 2 is 1.95 bits per heavy atom. The van der Waals surface area contributed by atoms with Crippen LogP contribution >= 0.6 is 0 Å². The summed E-state index contributed by atoms with van der Waals surface area (Å²) < 4.78 is 0. The van der Waals surface area contributed by atoms with Crippen LogP contribution in [0.5, 0.6) is 0 Å². The molecule has 1 atom stereocenters. The Morgan fingerprint density at radius 3 is 2.53 bits per heavy atom. The Balaban J connectivity index is 2.19. The summed E-state index contributed by atoms with van der Waals surface area (Å²) >= 11 is 0. The third kappa shape index (κ3) is 3.58. The van der Waals surface area contributed by atoms with Gasteiger partial charge in [-0.05, 0) is 76.8 Å². The van der Waals surface area contributed by atoms with Crippen molar-refractivity contribution >= 4 is 0 Å². The highest BCUT2D eigenvalue weighted by molar-refractivity contribution is 5.34. The Bertz CT molecular complexity index is 406. The quantitative estimate of drug-likeness (QED) is 0.895. The number of hydrogen-bond donors (Lipinski definition) is 1. The molecule has 0 saturated carbocycles. The average Bonchev–Trinajstić information content (AvgIpc) is 2.38. The molecule has 1 aliphatic heterocycles. The van der Waals surface area contributed by atoms with Gasteiger partial charge < -0.3 is 10.2 Å². The van der Waals surface area contributed by atoms with Crippen LogP contribution in [0, 0.1) is 19.8 Å². The molecule has 106 valence electrons. The van der Waals surface area contributed by atoms with Crippen molar-refractivity contribution in [1.82, 2.24) is 10.2 Å². The van der Waals surface area contributed by atoms with E-state index in [1.807, 2.05) is 0 Å². The summed E-state index contributed by atoms with van der Waals surface area (Å²) in [6.45, 7) is 8.03. The van der Waals surface area contributed by atoms with Crippen LogP contribution < -0.4 is 5.32 Å². The van der Waals surface area contributed by atoms with E-state index < -0.39 is 0 Å². The van der Waals surface area contributed by atoms with Crippen molar-refractivity contribution in [3.63, 3.8) is 0 Å². The predicted molar refractivity (Wildman–Crippen MR) is 82.8 cm³/mol. The van der Waals surface area contributed by atoms with E-state index in [0.29, 0.717) is 5.92 Å². The van der Waals surface area contributed by atoms with Gasteiger partial charge in [-0.1, -0.05) is 23.8 Å². The maximum Gasteiger partial charge on any atom is 0.00199 e. The molecular weight excluding hydrogens is 232 g/mol. The zero-order valence-corrected chi connectivity index (χ0v) is 12.9. The first-order chi connectivity index (χ1) is 9.11. The van der Waals surface area contributed by atoms with Gasteiger partial charge in [0.15, 0.2) is 0 Å². The normalized spacial score (nSPS) is 19.6. The van der Waals surface area contributed by atoms with Gasteiger partial charge in [0.2, 0.25) is 0 Å². The van der Waals surface area contributed by atoms with Gasteiger partial charge >= 0.3 is 0 Å². The molecule has 0 bridgehead atoms. The fourth-order valence-electron chi connectivity index (χ4n) is 3.42. The first-order valence-electron chi connectivity index (χ1n) is 7.52. The maximum absolute atomic E-state index is 3.40. The van der Waals surface area contributed by atoms with E-state index in [4.69, 9.17) is 0 Å². The summed E-state index contributed by atoms with van der Waals surface area (Å²) in [5.74, 6) is 1.49. The summed E-state index contributed by atoms with van der Waals surface area (Å²) in [7, 11) is 4.31. The van der Waals surface area contributed by atoms with Crippen molar-refractivity contribution in [3.05, 3.63) is 34.9 Å². The number of aryl methyl sites for hydroxylation is 2. The standard InChI is InChI=1S/C17H28N2/c1-13-5-6-16(14(2)11-13)17(12-18-3)15-7-9-19(4)10-8-15/h5-6,11,15,17-18H,7-10,12H2,1-4H3. The van der Waals surface area contributed by atoms with Gasteiger partial charge in [-0.3, -0.25) is 0 Å². The lowest BCUT2D eigenvalue weighted by molar-refractivity contribution is 0.196. The second-order valence-corrected chi connectivity index (χ2v) is 6.16. The first-order valence-corrected chi connectivity index (χ1v) is 7.52. The molecule has 1 heterocycles. The van der Waals surface area contributed by atoms with Gasteiger partial charge in [-0.2, -0.15) is 0 Å². The lowest BCUT2D eigenvalue weighted by Crippen LogP contribution is -2.35. The number of piperidine rings is 1. The third-order valence-corrected chi connectivity index (χ3v) is 4.58. The molecule has 1 fully saturated rings. The molecule has 1 aromatic rings. The molecule has 1 aliphatic rings. The van der Waals surface area contributed by atoms with Crippen LogP contribution in [0.2, 0.25) is 0 Å². The molecule has 1 saturated heterocycles. The summed E-state index contributed by atoms with van der Waals surface area (Å²) in [5.41, 5.74) is 4.38. The highest BCUT2D eigenvalue weighted by Crippen LogP contribution is 2.33. The number of likely N-dealkylation sites (N-methyl/N-ethyl adjacent to an activating group) is 1. The molecule has 1 unspecified atom stereocenters. The highest BCUT2D eigenvalue weighted by Gasteiger charge is 2.26. The van der Waals surface area contributed by atoms with E-state index in [-0.39, 0.29) is 0 Å². The fourth-order valence-corrected chi connectivity index (χ4v) is 3.42. The lowest BCUT2D eigenvalue weighted by Gasteiger charge is -2.35. The van der Waals surface area contributed by atoms with Crippen LogP contribution in [0.25, 0.3) is 0 Å². The molecule has 2 rings (SSSR count). The predicted octanol–water partition coefficient (Wildman–Crippen LogP) is 2.95. The largest absolute Gasteiger partial charge is 0.319 e. The summed E-state index contributed by atoms with van der Waals surface area (Å²) in [5, 5.41) is 3.40. The monoisotopic (exact) mass is 260 g/mol. The topological polar surface area (TPSA) is 15.3 Å². The minimum Gasteiger partial charge on any atom is -0.319 e. The van der Waals surface area contributed by atoms with Crippen molar-refractivity contribution in [2.75, 3.05) is 33.7 Å². The maximum atomic E-state index is 3.40. The van der Waals surface area contributed by atoms with Crippen LogP contribution in [0.15, 0.2) is 18.2 Å². The van der Waals surface area contributed by atoms with Crippen LogP contribution in [-0.4, -0.2) is 38.6 Å². The molecule has 0 spiro atoms. The van der Waals surface area contributed by atoms with E-state index >= 15 is 0 Å². The summed E-state index contributed by atoms with van der Waals surface area (Å²) in [4.78, 5) is 2.45. The lowest BCUT2D eigenvalue weighted by atomic mass is 9.78. The molecule has 2 nitrogen and oxygen atoms in total. The summed E-state index contributed by atoms with van der Waals surface area (Å²) in [6.07, 6.45) is 2.66. The van der Waals surface area contributed by atoms with Gasteiger partial charge in [0.25, 0.3) is 0 Å². The highest BCUT2D eigenvalue weighted by atomic mass is 15.1. The molecule has 1 N–H and O–H groups in total. The van der Waals surface area contributed by atoms with Gasteiger partial charge in [-0.15, -0.1) is 0 Å². The van der Waals surface area contributed by atoms with Gasteiger partial charge in [0.1, 0.15) is 0 Å². The Labute approximate surface area is 118 Å². The van der Waals surface area contributed by atoms with Crippen molar-refractivity contribution in [2.24, 2.45) is 5.92 Å². The minimum absolute atomic E-state index is 0.666. The van der Waals surface area contributed by atoms with E-state index in [0.717, 1.165) is 12.5 Å². The van der Waals surface area contributed by atoms with E-state index in [2.05, 4.69) is 56.4 Å². The Hall–Kier alpha value is -0.860. The van der Waals surface area contributed by atoms with E-state index in [1.165, 1.54) is 37.1 Å². The number of nitrogens with zero attached hydrogens (tertiary/aromatic N) is 1. The van der Waals surface area contributed by atoms with Crippen molar-refractivity contribution in [2.45, 2.75) is 32.6 Å². The first kappa shape index (κ1) is 14.5. The zero-order chi connectivity index (χ0) is 13.8. The zero-order valence-electron chi connectivity index (χ0n) is 12.9. The number of rotatable bonds is 4. The van der Waals surface area contributed by atoms with Gasteiger partial charge in [-0.25, -0.2) is 0 Å². The molecule has 19 heavy (non-hydrogen) atoms. The van der Waals surface area contributed by atoms with Crippen LogP contribution in [0.1, 0.15) is 35.4 Å². The molecule has 0 radical (unpaired) electrons. The van der Waals surface area contributed by atoms with Gasteiger partial charge in [0, 0.05) is 6.54 Å². The van der Waals surface area contributed by atoms with Crippen molar-refractivity contribution in [1.29, 1.82) is 0 Å². The van der Waals surface area contributed by atoms with Crippen molar-refractivity contribution < 1.29 is 0 Å². The number of benzene rings is 1. The van der Waals surface area contributed by atoms with E-state index in [1.54, 1.807) is 5.56 Å².